The lowest BCUT2D eigenvalue weighted by Crippen LogP contribution is -2.50. The van der Waals surface area contributed by atoms with Crippen LogP contribution in [0.2, 0.25) is 0 Å². The number of nitrogens with zero attached hydrogens (tertiary/aromatic N) is 1. The van der Waals surface area contributed by atoms with Crippen molar-refractivity contribution < 1.29 is 23.1 Å². The number of aliphatic hydroxyl groups excluding tert-OH is 1. The van der Waals surface area contributed by atoms with E-state index in [0.29, 0.717) is 26.1 Å². The monoisotopic (exact) mass is 385 g/mol. The molecule has 1 aromatic carbocycles. The molecule has 1 aromatic rings. The van der Waals surface area contributed by atoms with Crippen LogP contribution in [0.15, 0.2) is 29.2 Å². The van der Waals surface area contributed by atoms with E-state index in [4.69, 9.17) is 4.74 Å². The fourth-order valence-electron chi connectivity index (χ4n) is 2.75. The van der Waals surface area contributed by atoms with Crippen LogP contribution in [0.3, 0.4) is 0 Å². The van der Waals surface area contributed by atoms with Gasteiger partial charge in [-0.1, -0.05) is 17.7 Å². The van der Waals surface area contributed by atoms with Crippen LogP contribution >= 0.6 is 0 Å². The smallest absolute Gasteiger partial charge is 0.317 e. The minimum atomic E-state index is -3.54. The van der Waals surface area contributed by atoms with E-state index >= 15 is 0 Å². The Labute approximate surface area is 154 Å². The highest BCUT2D eigenvalue weighted by molar-refractivity contribution is 7.89. The third-order valence-corrected chi connectivity index (χ3v) is 5.75. The van der Waals surface area contributed by atoms with E-state index in [-0.39, 0.29) is 30.1 Å². The van der Waals surface area contributed by atoms with Crippen LogP contribution in [0.5, 0.6) is 0 Å². The van der Waals surface area contributed by atoms with Gasteiger partial charge < -0.3 is 20.1 Å². The van der Waals surface area contributed by atoms with Gasteiger partial charge in [0.2, 0.25) is 10.0 Å². The molecule has 9 heteroatoms. The first-order valence-corrected chi connectivity index (χ1v) is 10.2. The topological polar surface area (TPSA) is 108 Å². The van der Waals surface area contributed by atoms with Gasteiger partial charge >= 0.3 is 6.03 Å². The van der Waals surface area contributed by atoms with E-state index in [2.05, 4.69) is 10.0 Å². The first-order chi connectivity index (χ1) is 12.3. The molecule has 2 atom stereocenters. The number of rotatable bonds is 8. The lowest BCUT2D eigenvalue weighted by Gasteiger charge is -2.28. The molecule has 2 rings (SSSR count). The summed E-state index contributed by atoms with van der Waals surface area (Å²) in [6.07, 6.45) is -0.222. The van der Waals surface area contributed by atoms with Crippen LogP contribution in [-0.4, -0.2) is 69.4 Å². The van der Waals surface area contributed by atoms with Crippen molar-refractivity contribution in [3.05, 3.63) is 29.8 Å². The quantitative estimate of drug-likeness (QED) is 0.563. The lowest BCUT2D eigenvalue weighted by molar-refractivity contribution is 0.0964. The number of sulfonamides is 1. The second kappa shape index (κ2) is 9.31. The van der Waals surface area contributed by atoms with Crippen molar-refractivity contribution in [2.24, 2.45) is 0 Å². The van der Waals surface area contributed by atoms with Gasteiger partial charge in [0, 0.05) is 19.6 Å². The van der Waals surface area contributed by atoms with Crippen LogP contribution in [0.4, 0.5) is 4.79 Å². The van der Waals surface area contributed by atoms with Gasteiger partial charge in [0.25, 0.3) is 0 Å². The summed E-state index contributed by atoms with van der Waals surface area (Å²) in [6, 6.07) is 5.98. The molecule has 0 radical (unpaired) electrons. The Kier molecular flexibility index (Phi) is 7.39. The normalized spacial score (nSPS) is 20.1. The Balaban J connectivity index is 1.74. The number of carbonyl (C=O) groups excluding carboxylic acids is 1. The molecule has 1 fully saturated rings. The molecule has 1 aliphatic rings. The number of urea groups is 1. The third-order valence-electron chi connectivity index (χ3n) is 4.28. The molecule has 1 saturated heterocycles. The van der Waals surface area contributed by atoms with E-state index in [9.17, 15) is 18.3 Å². The average Bonchev–Trinajstić information content (AvgIpc) is 3.01. The molecule has 2 amide bonds. The summed E-state index contributed by atoms with van der Waals surface area (Å²) in [4.78, 5) is 14.0. The van der Waals surface area contributed by atoms with E-state index in [1.165, 1.54) is 4.90 Å². The third kappa shape index (κ3) is 5.41. The maximum atomic E-state index is 12.2. The molecule has 0 unspecified atom stereocenters. The standard InChI is InChI=1S/C17H27N3O5S/c1-3-20(15-11-25-12-16(15)21)17(22)18-9-4-10-19-26(23,24)14-7-5-13(2)6-8-14/h5-8,15-16,19,21H,3-4,9-12H2,1-2H3,(H,18,22)/t15-,16-/m0/s1. The number of nitrogens with one attached hydrogen (secondary N) is 2. The van der Waals surface area contributed by atoms with Crippen molar-refractivity contribution in [3.63, 3.8) is 0 Å². The van der Waals surface area contributed by atoms with Crippen molar-refractivity contribution in [3.8, 4) is 0 Å². The highest BCUT2D eigenvalue weighted by Crippen LogP contribution is 2.13. The number of hydrogen-bond acceptors (Lipinski definition) is 5. The van der Waals surface area contributed by atoms with Crippen molar-refractivity contribution >= 4 is 16.1 Å². The predicted molar refractivity (Wildman–Crippen MR) is 97.4 cm³/mol. The van der Waals surface area contributed by atoms with Crippen LogP contribution < -0.4 is 10.0 Å². The Hall–Kier alpha value is -1.68. The second-order valence-electron chi connectivity index (χ2n) is 6.25. The molecule has 0 saturated carbocycles. The van der Waals surface area contributed by atoms with Crippen LogP contribution in [-0.2, 0) is 14.8 Å². The number of carbonyl (C=O) groups is 1. The number of amides is 2. The Morgan fingerprint density at radius 3 is 2.54 bits per heavy atom. The molecule has 146 valence electrons. The highest BCUT2D eigenvalue weighted by Gasteiger charge is 2.33. The zero-order valence-electron chi connectivity index (χ0n) is 15.1. The molecular weight excluding hydrogens is 358 g/mol. The lowest BCUT2D eigenvalue weighted by atomic mass is 10.2. The molecule has 1 heterocycles. The SMILES string of the molecule is CCN(C(=O)NCCCNS(=O)(=O)c1ccc(C)cc1)[C@H]1COC[C@@H]1O. The number of ether oxygens (including phenoxy) is 1. The van der Waals surface area contributed by atoms with E-state index in [1.54, 1.807) is 24.3 Å². The fraction of sp³-hybridized carbons (Fsp3) is 0.588. The first-order valence-electron chi connectivity index (χ1n) is 8.71. The van der Waals surface area contributed by atoms with Gasteiger partial charge in [-0.25, -0.2) is 17.9 Å². The van der Waals surface area contributed by atoms with Gasteiger partial charge in [0.15, 0.2) is 0 Å². The van der Waals surface area contributed by atoms with Crippen LogP contribution in [0.1, 0.15) is 18.9 Å². The number of hydrogen-bond donors (Lipinski definition) is 3. The summed E-state index contributed by atoms with van der Waals surface area (Å²) in [6.45, 7) is 5.28. The summed E-state index contributed by atoms with van der Waals surface area (Å²) >= 11 is 0. The van der Waals surface area contributed by atoms with Gasteiger partial charge in [-0.2, -0.15) is 0 Å². The molecule has 1 aliphatic heterocycles. The molecule has 0 bridgehead atoms. The van der Waals surface area contributed by atoms with Crippen LogP contribution in [0.25, 0.3) is 0 Å². The molecule has 0 aromatic heterocycles. The van der Waals surface area contributed by atoms with Crippen molar-refractivity contribution in [2.75, 3.05) is 32.8 Å². The number of benzene rings is 1. The molecule has 26 heavy (non-hydrogen) atoms. The Morgan fingerprint density at radius 2 is 1.96 bits per heavy atom. The van der Waals surface area contributed by atoms with Crippen molar-refractivity contribution in [1.82, 2.24) is 14.9 Å². The Morgan fingerprint density at radius 1 is 1.27 bits per heavy atom. The number of aliphatic hydroxyl groups is 1. The predicted octanol–water partition coefficient (Wildman–Crippen LogP) is 0.455. The Bertz CT molecular complexity index is 693. The summed E-state index contributed by atoms with van der Waals surface area (Å²) < 4.78 is 32.0. The second-order valence-corrected chi connectivity index (χ2v) is 8.02. The summed E-state index contributed by atoms with van der Waals surface area (Å²) in [5, 5.41) is 12.6. The molecule has 3 N–H and O–H groups in total. The van der Waals surface area contributed by atoms with Crippen LogP contribution in [0, 0.1) is 6.92 Å². The summed E-state index contributed by atoms with van der Waals surface area (Å²) in [5.74, 6) is 0. The minimum absolute atomic E-state index is 0.220. The zero-order chi connectivity index (χ0) is 19.2. The van der Waals surface area contributed by atoms with E-state index < -0.39 is 16.1 Å². The maximum Gasteiger partial charge on any atom is 0.317 e. The average molecular weight is 385 g/mol. The number of aryl methyl sites for hydroxylation is 1. The van der Waals surface area contributed by atoms with E-state index in [1.807, 2.05) is 13.8 Å². The largest absolute Gasteiger partial charge is 0.388 e. The van der Waals surface area contributed by atoms with Gasteiger partial charge in [-0.3, -0.25) is 0 Å². The molecular formula is C17H27N3O5S. The maximum absolute atomic E-state index is 12.2. The number of likely N-dealkylation sites (N-methyl/N-ethyl adjacent to an activating group) is 1. The van der Waals surface area contributed by atoms with Gasteiger partial charge in [-0.15, -0.1) is 0 Å². The van der Waals surface area contributed by atoms with E-state index in [0.717, 1.165) is 5.56 Å². The molecule has 8 nitrogen and oxygen atoms in total. The van der Waals surface area contributed by atoms with Gasteiger partial charge in [-0.05, 0) is 32.4 Å². The highest BCUT2D eigenvalue weighted by atomic mass is 32.2. The fourth-order valence-corrected chi connectivity index (χ4v) is 3.82. The van der Waals surface area contributed by atoms with Gasteiger partial charge in [0.1, 0.15) is 0 Å². The van der Waals surface area contributed by atoms with Gasteiger partial charge in [0.05, 0.1) is 30.3 Å². The minimum Gasteiger partial charge on any atom is -0.388 e. The van der Waals surface area contributed by atoms with Crippen molar-refractivity contribution in [1.29, 1.82) is 0 Å². The van der Waals surface area contributed by atoms with Crippen molar-refractivity contribution in [2.45, 2.75) is 37.3 Å². The first kappa shape index (κ1) is 20.6. The summed E-state index contributed by atoms with van der Waals surface area (Å²) in [7, 11) is -3.54. The molecule has 0 spiro atoms. The summed E-state index contributed by atoms with van der Waals surface area (Å²) in [5.41, 5.74) is 0.991. The zero-order valence-corrected chi connectivity index (χ0v) is 16.0. The molecule has 0 aliphatic carbocycles.